The van der Waals surface area contributed by atoms with Crippen LogP contribution in [0.2, 0.25) is 0 Å². The van der Waals surface area contributed by atoms with Crippen molar-refractivity contribution in [2.75, 3.05) is 26.7 Å². The van der Waals surface area contributed by atoms with Gasteiger partial charge in [-0.1, -0.05) is 0 Å². The molecule has 1 rings (SSSR count). The van der Waals surface area contributed by atoms with Gasteiger partial charge >= 0.3 is 0 Å². The summed E-state index contributed by atoms with van der Waals surface area (Å²) in [4.78, 5) is 23.1. The summed E-state index contributed by atoms with van der Waals surface area (Å²) in [6, 6.07) is -0.788. The zero-order chi connectivity index (χ0) is 19.9. The molecule has 11 heteroatoms. The SMILES string of the molecule is CNC(=O)C(CCCNC(=O)C(C)[18F])NC[C@@]1(O)OC[C@H](O)[C@@H](O)C1O. The minimum Gasteiger partial charge on any atom is -0.388 e. The van der Waals surface area contributed by atoms with Gasteiger partial charge in [-0.15, -0.1) is 0 Å². The third-order valence-corrected chi connectivity index (χ3v) is 4.18. The fourth-order valence-electron chi connectivity index (χ4n) is 2.47. The highest BCUT2D eigenvalue weighted by Crippen LogP contribution is 2.23. The van der Waals surface area contributed by atoms with Crippen molar-refractivity contribution in [1.29, 1.82) is 0 Å². The number of aliphatic hydroxyl groups excluding tert-OH is 3. The molecule has 0 aromatic heterocycles. The number of hydrogen-bond donors (Lipinski definition) is 7. The number of amides is 2. The maximum atomic E-state index is 12.7. The molecule has 1 heterocycles. The Labute approximate surface area is 150 Å². The maximum Gasteiger partial charge on any atom is 0.254 e. The van der Waals surface area contributed by atoms with E-state index in [2.05, 4.69) is 16.0 Å². The molecule has 6 atom stereocenters. The fourth-order valence-corrected chi connectivity index (χ4v) is 2.47. The molecule has 0 spiro atoms. The van der Waals surface area contributed by atoms with Gasteiger partial charge < -0.3 is 41.1 Å². The summed E-state index contributed by atoms with van der Waals surface area (Å²) < 4.78 is 17.7. The molecule has 3 unspecified atom stereocenters. The maximum absolute atomic E-state index is 12.7. The van der Waals surface area contributed by atoms with Gasteiger partial charge in [0.05, 0.1) is 19.2 Å². The minimum absolute atomic E-state index is 0.163. The Morgan fingerprint density at radius 1 is 1.31 bits per heavy atom. The van der Waals surface area contributed by atoms with Gasteiger partial charge in [0.15, 0.2) is 6.17 Å². The van der Waals surface area contributed by atoms with Gasteiger partial charge in [-0.3, -0.25) is 9.59 Å². The van der Waals surface area contributed by atoms with Crippen molar-refractivity contribution in [2.45, 2.75) is 56.1 Å². The summed E-state index contributed by atoms with van der Waals surface area (Å²) in [7, 11) is 1.42. The summed E-state index contributed by atoms with van der Waals surface area (Å²) in [6.45, 7) is 0.515. The quantitative estimate of drug-likeness (QED) is 0.205. The zero-order valence-electron chi connectivity index (χ0n) is 14.8. The number of ether oxygens (including phenoxy) is 1. The first-order valence-corrected chi connectivity index (χ1v) is 8.39. The molecular weight excluding hydrogens is 352 g/mol. The zero-order valence-corrected chi connectivity index (χ0v) is 14.8. The number of rotatable bonds is 9. The number of hydrogen-bond acceptors (Lipinski definition) is 8. The van der Waals surface area contributed by atoms with Gasteiger partial charge in [0.1, 0.15) is 18.3 Å². The van der Waals surface area contributed by atoms with Crippen LogP contribution in [0.15, 0.2) is 0 Å². The van der Waals surface area contributed by atoms with Crippen molar-refractivity contribution in [1.82, 2.24) is 16.0 Å². The molecule has 0 aromatic carbocycles. The number of aliphatic hydroxyl groups is 4. The molecule has 1 aliphatic heterocycles. The molecule has 1 fully saturated rings. The van der Waals surface area contributed by atoms with Crippen molar-refractivity contribution in [3.63, 3.8) is 0 Å². The van der Waals surface area contributed by atoms with Crippen molar-refractivity contribution < 1.29 is 39.1 Å². The number of carbonyl (C=O) groups is 2. The number of halogens is 1. The van der Waals surface area contributed by atoms with Gasteiger partial charge in [-0.25, -0.2) is 4.39 Å². The Bertz CT molecular complexity index is 482. The van der Waals surface area contributed by atoms with Crippen LogP contribution in [0, 0.1) is 0 Å². The van der Waals surface area contributed by atoms with Crippen LogP contribution in [-0.2, 0) is 14.3 Å². The average Bonchev–Trinajstić information content (AvgIpc) is 2.61. The van der Waals surface area contributed by atoms with Crippen LogP contribution in [0.25, 0.3) is 0 Å². The highest BCUT2D eigenvalue weighted by atomic mass is 18.2. The highest BCUT2D eigenvalue weighted by molar-refractivity contribution is 5.81. The molecule has 152 valence electrons. The van der Waals surface area contributed by atoms with Gasteiger partial charge in [0.25, 0.3) is 5.91 Å². The second kappa shape index (κ2) is 10.1. The fraction of sp³-hybridized carbons (Fsp3) is 0.867. The Hall–Kier alpha value is -1.37. The van der Waals surface area contributed by atoms with Crippen LogP contribution in [0.4, 0.5) is 4.39 Å². The standard InChI is InChI=1S/C15H28FN3O7/c1-8(16)13(23)18-5-3-4-9(14(24)17-2)19-7-15(25)12(22)11(21)10(20)6-26-15/h8-12,19-22,25H,3-7H2,1-2H3,(H,17,24)(H,18,23)/t8?,9?,10-,11+,12?,15+/m0/s1/i16-1. The number of alkyl halides is 1. The largest absolute Gasteiger partial charge is 0.388 e. The lowest BCUT2D eigenvalue weighted by molar-refractivity contribution is -0.318. The number of nitrogens with one attached hydrogen (secondary N) is 3. The smallest absolute Gasteiger partial charge is 0.254 e. The average molecular weight is 380 g/mol. The number of likely N-dealkylation sites (N-methyl/N-ethyl adjacent to an activating group) is 1. The predicted molar refractivity (Wildman–Crippen MR) is 87.6 cm³/mol. The normalized spacial score (nSPS) is 31.1. The van der Waals surface area contributed by atoms with E-state index in [1.165, 1.54) is 7.05 Å². The molecule has 0 aliphatic carbocycles. The monoisotopic (exact) mass is 380 g/mol. The molecule has 1 aliphatic rings. The molecule has 1 saturated heterocycles. The summed E-state index contributed by atoms with van der Waals surface area (Å²) in [6.07, 6.45) is -5.71. The first-order valence-electron chi connectivity index (χ1n) is 8.39. The minimum atomic E-state index is -2.18. The molecule has 2 amide bonds. The summed E-state index contributed by atoms with van der Waals surface area (Å²) >= 11 is 0. The molecule has 0 radical (unpaired) electrons. The van der Waals surface area contributed by atoms with Gasteiger partial charge in [-0.2, -0.15) is 0 Å². The third kappa shape index (κ3) is 6.11. The Morgan fingerprint density at radius 2 is 1.96 bits per heavy atom. The summed E-state index contributed by atoms with van der Waals surface area (Å²) in [5, 5.41) is 46.8. The third-order valence-electron chi connectivity index (χ3n) is 4.18. The lowest BCUT2D eigenvalue weighted by Gasteiger charge is -2.42. The second-order valence-corrected chi connectivity index (χ2v) is 6.26. The first kappa shape index (κ1) is 22.7. The summed E-state index contributed by atoms with van der Waals surface area (Å²) in [5.74, 6) is -3.32. The molecule has 7 N–H and O–H groups in total. The molecule has 0 saturated carbocycles. The summed E-state index contributed by atoms with van der Waals surface area (Å²) in [5.41, 5.74) is 0. The van der Waals surface area contributed by atoms with Gasteiger partial charge in [-0.05, 0) is 19.8 Å². The Morgan fingerprint density at radius 3 is 2.54 bits per heavy atom. The Kier molecular flexibility index (Phi) is 8.80. The molecule has 0 bridgehead atoms. The van der Waals surface area contributed by atoms with Crippen LogP contribution >= 0.6 is 0 Å². The highest BCUT2D eigenvalue weighted by Gasteiger charge is 2.48. The molecule has 26 heavy (non-hydrogen) atoms. The lowest BCUT2D eigenvalue weighted by atomic mass is 9.96. The predicted octanol–water partition coefficient (Wildman–Crippen LogP) is -3.25. The Balaban J connectivity index is 2.54. The molecular formula is C15H28FN3O7. The lowest BCUT2D eigenvalue weighted by Crippen LogP contribution is -2.65. The van der Waals surface area contributed by atoms with Crippen LogP contribution in [0.1, 0.15) is 19.8 Å². The van der Waals surface area contributed by atoms with Crippen LogP contribution < -0.4 is 16.0 Å². The van der Waals surface area contributed by atoms with Crippen molar-refractivity contribution >= 4 is 11.8 Å². The van der Waals surface area contributed by atoms with E-state index in [9.17, 15) is 34.4 Å². The van der Waals surface area contributed by atoms with E-state index in [0.29, 0.717) is 6.42 Å². The van der Waals surface area contributed by atoms with Crippen molar-refractivity contribution in [3.05, 3.63) is 0 Å². The molecule has 10 nitrogen and oxygen atoms in total. The molecule has 0 aromatic rings. The number of carbonyl (C=O) groups excluding carboxylic acids is 2. The van der Waals surface area contributed by atoms with Crippen LogP contribution in [0.3, 0.4) is 0 Å². The van der Waals surface area contributed by atoms with Crippen LogP contribution in [-0.4, -0.2) is 95.3 Å². The van der Waals surface area contributed by atoms with E-state index in [1.54, 1.807) is 0 Å². The van der Waals surface area contributed by atoms with E-state index in [-0.39, 0.29) is 26.1 Å². The first-order chi connectivity index (χ1) is 12.1. The van der Waals surface area contributed by atoms with Gasteiger partial charge in [0.2, 0.25) is 11.7 Å². The van der Waals surface area contributed by atoms with E-state index < -0.39 is 48.1 Å². The van der Waals surface area contributed by atoms with Crippen molar-refractivity contribution in [2.24, 2.45) is 0 Å². The van der Waals surface area contributed by atoms with E-state index in [1.807, 2.05) is 0 Å². The van der Waals surface area contributed by atoms with Gasteiger partial charge in [0, 0.05) is 13.6 Å². The topological polar surface area (TPSA) is 160 Å². The van der Waals surface area contributed by atoms with E-state index in [4.69, 9.17) is 4.74 Å². The van der Waals surface area contributed by atoms with E-state index in [0.717, 1.165) is 6.92 Å². The van der Waals surface area contributed by atoms with Crippen LogP contribution in [0.5, 0.6) is 0 Å². The van der Waals surface area contributed by atoms with Crippen molar-refractivity contribution in [3.8, 4) is 0 Å². The van der Waals surface area contributed by atoms with E-state index >= 15 is 0 Å². The second-order valence-electron chi connectivity index (χ2n) is 6.26.